The van der Waals surface area contributed by atoms with Crippen LogP contribution in [0.4, 0.5) is 0 Å². The van der Waals surface area contributed by atoms with E-state index in [2.05, 4.69) is 29.5 Å². The van der Waals surface area contributed by atoms with Gasteiger partial charge in [0.15, 0.2) is 15.8 Å². The van der Waals surface area contributed by atoms with E-state index in [9.17, 15) is 8.42 Å². The van der Waals surface area contributed by atoms with Gasteiger partial charge in [0.25, 0.3) is 0 Å². The molecule has 7 heteroatoms. The molecule has 1 heterocycles. The number of aliphatic imine (C=N–C) groups is 1. The number of nitrogens with zero attached hydrogens (tertiary/aromatic N) is 1. The zero-order valence-electron chi connectivity index (χ0n) is 14.8. The van der Waals surface area contributed by atoms with Gasteiger partial charge in [-0.3, -0.25) is 4.99 Å². The molecule has 0 aromatic carbocycles. The standard InChI is InChI=1S/C16H33N3O2S.HI/c1-4-17-16(19-15-10-12-22(20,21)13-15)18-11-8-6-5-7-9-14(2)3;/h14-15H,4-13H2,1-3H3,(H2,17,18,19);1H. The molecule has 1 aliphatic heterocycles. The summed E-state index contributed by atoms with van der Waals surface area (Å²) in [7, 11) is -2.84. The van der Waals surface area contributed by atoms with Crippen molar-refractivity contribution in [2.24, 2.45) is 10.9 Å². The maximum Gasteiger partial charge on any atom is 0.191 e. The molecule has 23 heavy (non-hydrogen) atoms. The van der Waals surface area contributed by atoms with Crippen molar-refractivity contribution >= 4 is 39.8 Å². The molecule has 2 N–H and O–H groups in total. The zero-order valence-corrected chi connectivity index (χ0v) is 18.0. The third-order valence-electron chi connectivity index (χ3n) is 3.88. The van der Waals surface area contributed by atoms with Crippen LogP contribution in [0.5, 0.6) is 0 Å². The Hall–Kier alpha value is -0.0500. The molecule has 0 spiro atoms. The van der Waals surface area contributed by atoms with E-state index >= 15 is 0 Å². The highest BCUT2D eigenvalue weighted by atomic mass is 127. The Morgan fingerprint density at radius 1 is 1.22 bits per heavy atom. The minimum atomic E-state index is -2.84. The highest BCUT2D eigenvalue weighted by Crippen LogP contribution is 2.11. The highest BCUT2D eigenvalue weighted by Gasteiger charge is 2.28. The summed E-state index contributed by atoms with van der Waals surface area (Å²) in [5.41, 5.74) is 0. The SMILES string of the molecule is CCNC(=NCCCCCCC(C)C)NC1CCS(=O)(=O)C1.I. The molecule has 1 unspecified atom stereocenters. The number of rotatable bonds is 9. The Labute approximate surface area is 159 Å². The Morgan fingerprint density at radius 2 is 1.91 bits per heavy atom. The van der Waals surface area contributed by atoms with Crippen LogP contribution in [0.3, 0.4) is 0 Å². The van der Waals surface area contributed by atoms with E-state index in [1.54, 1.807) is 0 Å². The van der Waals surface area contributed by atoms with Crippen molar-refractivity contribution in [2.45, 2.75) is 65.3 Å². The van der Waals surface area contributed by atoms with E-state index in [0.717, 1.165) is 31.4 Å². The van der Waals surface area contributed by atoms with Crippen molar-refractivity contribution in [3.05, 3.63) is 0 Å². The first-order chi connectivity index (χ1) is 10.4. The maximum absolute atomic E-state index is 11.5. The normalized spacial score (nSPS) is 20.3. The molecule has 0 radical (unpaired) electrons. The smallest absolute Gasteiger partial charge is 0.191 e. The van der Waals surface area contributed by atoms with Gasteiger partial charge in [0.05, 0.1) is 11.5 Å². The lowest BCUT2D eigenvalue weighted by Crippen LogP contribution is -2.44. The van der Waals surface area contributed by atoms with E-state index in [1.807, 2.05) is 6.92 Å². The minimum Gasteiger partial charge on any atom is -0.357 e. The summed E-state index contributed by atoms with van der Waals surface area (Å²) in [5, 5.41) is 6.45. The molecule has 1 saturated heterocycles. The maximum atomic E-state index is 11.5. The summed E-state index contributed by atoms with van der Waals surface area (Å²) < 4.78 is 23.0. The van der Waals surface area contributed by atoms with Gasteiger partial charge in [-0.1, -0.05) is 39.5 Å². The van der Waals surface area contributed by atoms with Gasteiger partial charge in [0.1, 0.15) is 0 Å². The number of halogens is 1. The molecule has 1 rings (SSSR count). The summed E-state index contributed by atoms with van der Waals surface area (Å²) >= 11 is 0. The van der Waals surface area contributed by atoms with Crippen molar-refractivity contribution in [3.63, 3.8) is 0 Å². The van der Waals surface area contributed by atoms with Gasteiger partial charge in [0, 0.05) is 19.1 Å². The molecule has 1 fully saturated rings. The van der Waals surface area contributed by atoms with Crippen molar-refractivity contribution in [3.8, 4) is 0 Å². The number of guanidine groups is 1. The lowest BCUT2D eigenvalue weighted by molar-refractivity contribution is 0.521. The second kappa shape index (κ2) is 12.3. The molecule has 138 valence electrons. The molecule has 0 aromatic heterocycles. The molecule has 5 nitrogen and oxygen atoms in total. The van der Waals surface area contributed by atoms with Crippen molar-refractivity contribution < 1.29 is 8.42 Å². The molecule has 0 aliphatic carbocycles. The Morgan fingerprint density at radius 3 is 2.48 bits per heavy atom. The van der Waals surface area contributed by atoms with Gasteiger partial charge < -0.3 is 10.6 Å². The van der Waals surface area contributed by atoms with Gasteiger partial charge in [0.2, 0.25) is 0 Å². The van der Waals surface area contributed by atoms with Gasteiger partial charge in [-0.25, -0.2) is 8.42 Å². The molecule has 0 bridgehead atoms. The third kappa shape index (κ3) is 11.2. The Balaban J connectivity index is 0.00000484. The predicted octanol–water partition coefficient (Wildman–Crippen LogP) is 2.95. The third-order valence-corrected chi connectivity index (χ3v) is 5.64. The topological polar surface area (TPSA) is 70.6 Å². The quantitative estimate of drug-likeness (QED) is 0.241. The first-order valence-electron chi connectivity index (χ1n) is 8.68. The summed E-state index contributed by atoms with van der Waals surface area (Å²) in [6, 6.07) is 0.00819. The van der Waals surface area contributed by atoms with Crippen LogP contribution in [0, 0.1) is 5.92 Å². The second-order valence-electron chi connectivity index (χ2n) is 6.60. The highest BCUT2D eigenvalue weighted by molar-refractivity contribution is 14.0. The average molecular weight is 459 g/mol. The van der Waals surface area contributed by atoms with Crippen LogP contribution >= 0.6 is 24.0 Å². The summed E-state index contributed by atoms with van der Waals surface area (Å²) in [6.45, 7) is 8.15. The first-order valence-corrected chi connectivity index (χ1v) is 10.5. The van der Waals surface area contributed by atoms with Crippen molar-refractivity contribution in [2.75, 3.05) is 24.6 Å². The number of sulfone groups is 1. The van der Waals surface area contributed by atoms with Crippen LogP contribution < -0.4 is 10.6 Å². The fraction of sp³-hybridized carbons (Fsp3) is 0.938. The van der Waals surface area contributed by atoms with E-state index in [0.29, 0.717) is 12.2 Å². The molecule has 0 amide bonds. The molecule has 0 aromatic rings. The van der Waals surface area contributed by atoms with Crippen LogP contribution in [0.1, 0.15) is 59.3 Å². The van der Waals surface area contributed by atoms with Gasteiger partial charge in [-0.05, 0) is 25.7 Å². The average Bonchev–Trinajstić information content (AvgIpc) is 2.76. The molecule has 1 atom stereocenters. The molecule has 0 saturated carbocycles. The van der Waals surface area contributed by atoms with Gasteiger partial charge >= 0.3 is 0 Å². The van der Waals surface area contributed by atoms with Crippen LogP contribution in [-0.4, -0.2) is 45.0 Å². The summed E-state index contributed by atoms with van der Waals surface area (Å²) in [5.74, 6) is 2.07. The van der Waals surface area contributed by atoms with Crippen LogP contribution in [0.15, 0.2) is 4.99 Å². The number of nitrogens with one attached hydrogen (secondary N) is 2. The van der Waals surface area contributed by atoms with E-state index < -0.39 is 9.84 Å². The van der Waals surface area contributed by atoms with E-state index in [1.165, 1.54) is 25.7 Å². The fourth-order valence-electron chi connectivity index (χ4n) is 2.63. The van der Waals surface area contributed by atoms with Crippen LogP contribution in [-0.2, 0) is 9.84 Å². The number of unbranched alkanes of at least 4 members (excludes halogenated alkanes) is 3. The lowest BCUT2D eigenvalue weighted by Gasteiger charge is -2.15. The predicted molar refractivity (Wildman–Crippen MR) is 110 cm³/mol. The van der Waals surface area contributed by atoms with Crippen LogP contribution in [0.25, 0.3) is 0 Å². The van der Waals surface area contributed by atoms with E-state index in [4.69, 9.17) is 0 Å². The van der Waals surface area contributed by atoms with Crippen LogP contribution in [0.2, 0.25) is 0 Å². The second-order valence-corrected chi connectivity index (χ2v) is 8.83. The Kier molecular flexibility index (Phi) is 12.3. The largest absolute Gasteiger partial charge is 0.357 e. The summed E-state index contributed by atoms with van der Waals surface area (Å²) in [4.78, 5) is 4.56. The number of hydrogen-bond acceptors (Lipinski definition) is 3. The number of hydrogen-bond donors (Lipinski definition) is 2. The monoisotopic (exact) mass is 459 g/mol. The van der Waals surface area contributed by atoms with Gasteiger partial charge in [-0.15, -0.1) is 24.0 Å². The molecular formula is C16H34IN3O2S. The Bertz CT molecular complexity index is 439. The van der Waals surface area contributed by atoms with Crippen molar-refractivity contribution in [1.29, 1.82) is 0 Å². The van der Waals surface area contributed by atoms with Gasteiger partial charge in [-0.2, -0.15) is 0 Å². The molecular weight excluding hydrogens is 425 g/mol. The lowest BCUT2D eigenvalue weighted by atomic mass is 10.0. The minimum absolute atomic E-state index is 0. The van der Waals surface area contributed by atoms with Crippen molar-refractivity contribution in [1.82, 2.24) is 10.6 Å². The first kappa shape index (κ1) is 22.9. The summed E-state index contributed by atoms with van der Waals surface area (Å²) in [6.07, 6.45) is 6.88. The zero-order chi connectivity index (χ0) is 16.4. The fourth-order valence-corrected chi connectivity index (χ4v) is 4.30. The molecule has 1 aliphatic rings. The van der Waals surface area contributed by atoms with E-state index in [-0.39, 0.29) is 35.8 Å².